The summed E-state index contributed by atoms with van der Waals surface area (Å²) in [5.41, 5.74) is 3.96. The van der Waals surface area contributed by atoms with Crippen LogP contribution in [0, 0.1) is 6.92 Å². The normalized spacial score (nSPS) is 15.2. The van der Waals surface area contributed by atoms with E-state index in [-0.39, 0.29) is 0 Å². The molecule has 0 bridgehead atoms. The van der Waals surface area contributed by atoms with Gasteiger partial charge in [0.05, 0.1) is 18.6 Å². The van der Waals surface area contributed by atoms with Crippen LogP contribution in [0.5, 0.6) is 0 Å². The first-order chi connectivity index (χ1) is 9.33. The van der Waals surface area contributed by atoms with Crippen LogP contribution in [0.25, 0.3) is 10.9 Å². The highest BCUT2D eigenvalue weighted by Gasteiger charge is 2.25. The maximum absolute atomic E-state index is 4.31. The molecule has 96 valence electrons. The molecule has 0 atom stereocenters. The number of aromatic nitrogens is 3. The Kier molecular flexibility index (Phi) is 2.28. The van der Waals surface area contributed by atoms with Gasteiger partial charge in [-0.25, -0.2) is 4.98 Å². The number of fused-ring (bicyclic) bond motifs is 1. The van der Waals surface area contributed by atoms with Crippen LogP contribution >= 0.6 is 0 Å². The number of imidazole rings is 1. The van der Waals surface area contributed by atoms with E-state index in [0.29, 0.717) is 6.04 Å². The predicted molar refractivity (Wildman–Crippen MR) is 76.3 cm³/mol. The van der Waals surface area contributed by atoms with E-state index < -0.39 is 0 Å². The van der Waals surface area contributed by atoms with Gasteiger partial charge in [0, 0.05) is 29.3 Å². The van der Waals surface area contributed by atoms with Crippen LogP contribution < -0.4 is 0 Å². The molecule has 2 heterocycles. The maximum atomic E-state index is 4.31. The van der Waals surface area contributed by atoms with Crippen molar-refractivity contribution in [3.05, 3.63) is 54.2 Å². The summed E-state index contributed by atoms with van der Waals surface area (Å²) >= 11 is 0. The number of hydrogen-bond acceptors (Lipinski definition) is 1. The summed E-state index contributed by atoms with van der Waals surface area (Å²) in [6.07, 6.45) is 8.76. The van der Waals surface area contributed by atoms with Crippen molar-refractivity contribution >= 4 is 10.9 Å². The molecule has 3 heteroatoms. The molecular formula is C16H17N3. The molecule has 1 aliphatic rings. The van der Waals surface area contributed by atoms with Crippen molar-refractivity contribution in [1.29, 1.82) is 0 Å². The van der Waals surface area contributed by atoms with Gasteiger partial charge in [0.1, 0.15) is 0 Å². The molecular weight excluding hydrogens is 234 g/mol. The number of aryl methyl sites for hydroxylation is 1. The molecule has 19 heavy (non-hydrogen) atoms. The molecule has 0 N–H and O–H groups in total. The van der Waals surface area contributed by atoms with Crippen LogP contribution in [0.1, 0.15) is 30.1 Å². The van der Waals surface area contributed by atoms with Crippen molar-refractivity contribution in [2.24, 2.45) is 0 Å². The van der Waals surface area contributed by atoms with Gasteiger partial charge in [0.2, 0.25) is 0 Å². The Balaban J connectivity index is 1.75. The third kappa shape index (κ3) is 1.77. The van der Waals surface area contributed by atoms with Crippen molar-refractivity contribution in [3.63, 3.8) is 0 Å². The minimum absolute atomic E-state index is 0.695. The monoisotopic (exact) mass is 251 g/mol. The number of benzene rings is 1. The van der Waals surface area contributed by atoms with E-state index >= 15 is 0 Å². The van der Waals surface area contributed by atoms with Gasteiger partial charge in [-0.05, 0) is 37.5 Å². The minimum Gasteiger partial charge on any atom is -0.341 e. The molecule has 0 unspecified atom stereocenters. The summed E-state index contributed by atoms with van der Waals surface area (Å²) in [7, 11) is 0. The molecule has 1 aliphatic carbocycles. The Morgan fingerprint density at radius 2 is 2.16 bits per heavy atom. The van der Waals surface area contributed by atoms with Crippen molar-refractivity contribution in [1.82, 2.24) is 14.1 Å². The highest BCUT2D eigenvalue weighted by molar-refractivity contribution is 5.83. The van der Waals surface area contributed by atoms with Gasteiger partial charge in [-0.3, -0.25) is 0 Å². The summed E-state index contributed by atoms with van der Waals surface area (Å²) in [6, 6.07) is 9.40. The third-order valence-electron chi connectivity index (χ3n) is 4.05. The Morgan fingerprint density at radius 3 is 3.00 bits per heavy atom. The van der Waals surface area contributed by atoms with E-state index in [1.807, 2.05) is 12.5 Å². The zero-order valence-corrected chi connectivity index (χ0v) is 11.1. The van der Waals surface area contributed by atoms with Crippen molar-refractivity contribution in [2.75, 3.05) is 0 Å². The standard InChI is InChI=1S/C16H17N3/c1-12-3-2-4-16-15(12)7-8-18(16)10-14-9-17-11-19(14)13-5-6-13/h2-4,7-9,11,13H,5-6,10H2,1H3. The molecule has 3 nitrogen and oxygen atoms in total. The lowest BCUT2D eigenvalue weighted by Crippen LogP contribution is -2.05. The topological polar surface area (TPSA) is 22.8 Å². The van der Waals surface area contributed by atoms with Crippen LogP contribution in [0.3, 0.4) is 0 Å². The zero-order chi connectivity index (χ0) is 12.8. The van der Waals surface area contributed by atoms with Gasteiger partial charge >= 0.3 is 0 Å². The van der Waals surface area contributed by atoms with E-state index in [1.165, 1.54) is 35.0 Å². The van der Waals surface area contributed by atoms with Crippen LogP contribution in [-0.2, 0) is 6.54 Å². The lowest BCUT2D eigenvalue weighted by Gasteiger charge is -2.09. The lowest BCUT2D eigenvalue weighted by atomic mass is 10.1. The molecule has 0 saturated heterocycles. The smallest absolute Gasteiger partial charge is 0.0951 e. The van der Waals surface area contributed by atoms with E-state index in [1.54, 1.807) is 0 Å². The second kappa shape index (κ2) is 3.98. The highest BCUT2D eigenvalue weighted by Crippen LogP contribution is 2.36. The molecule has 2 aromatic heterocycles. The molecule has 0 spiro atoms. The molecule has 1 aromatic carbocycles. The van der Waals surface area contributed by atoms with Crippen molar-refractivity contribution in [3.8, 4) is 0 Å². The first-order valence-corrected chi connectivity index (χ1v) is 6.88. The lowest BCUT2D eigenvalue weighted by molar-refractivity contribution is 0.665. The van der Waals surface area contributed by atoms with E-state index in [2.05, 4.69) is 51.5 Å². The Hall–Kier alpha value is -2.03. The quantitative estimate of drug-likeness (QED) is 0.698. The van der Waals surface area contributed by atoms with Crippen LogP contribution in [0.2, 0.25) is 0 Å². The molecule has 1 fully saturated rings. The Bertz CT molecular complexity index is 731. The SMILES string of the molecule is Cc1cccc2c1ccn2Cc1cncn1C1CC1. The molecule has 0 aliphatic heterocycles. The largest absolute Gasteiger partial charge is 0.341 e. The minimum atomic E-state index is 0.695. The maximum Gasteiger partial charge on any atom is 0.0951 e. The van der Waals surface area contributed by atoms with Crippen LogP contribution in [0.4, 0.5) is 0 Å². The van der Waals surface area contributed by atoms with E-state index in [9.17, 15) is 0 Å². The van der Waals surface area contributed by atoms with Gasteiger partial charge in [0.25, 0.3) is 0 Å². The van der Waals surface area contributed by atoms with Gasteiger partial charge < -0.3 is 9.13 Å². The summed E-state index contributed by atoms with van der Waals surface area (Å²) < 4.78 is 4.65. The first-order valence-electron chi connectivity index (χ1n) is 6.88. The Morgan fingerprint density at radius 1 is 1.26 bits per heavy atom. The molecule has 0 radical (unpaired) electrons. The van der Waals surface area contributed by atoms with Crippen LogP contribution in [-0.4, -0.2) is 14.1 Å². The van der Waals surface area contributed by atoms with Gasteiger partial charge in [-0.1, -0.05) is 12.1 Å². The molecule has 1 saturated carbocycles. The van der Waals surface area contributed by atoms with E-state index in [4.69, 9.17) is 0 Å². The van der Waals surface area contributed by atoms with Crippen LogP contribution in [0.15, 0.2) is 43.0 Å². The summed E-state index contributed by atoms with van der Waals surface area (Å²) in [5, 5.41) is 1.35. The summed E-state index contributed by atoms with van der Waals surface area (Å²) in [6.45, 7) is 3.07. The fourth-order valence-electron chi connectivity index (χ4n) is 2.83. The Labute approximate surface area is 112 Å². The number of rotatable bonds is 3. The van der Waals surface area contributed by atoms with Gasteiger partial charge in [-0.2, -0.15) is 0 Å². The zero-order valence-electron chi connectivity index (χ0n) is 11.1. The third-order valence-corrected chi connectivity index (χ3v) is 4.05. The summed E-state index contributed by atoms with van der Waals surface area (Å²) in [5.74, 6) is 0. The molecule has 3 aromatic rings. The van der Waals surface area contributed by atoms with E-state index in [0.717, 1.165) is 6.54 Å². The fourth-order valence-corrected chi connectivity index (χ4v) is 2.83. The molecule has 4 rings (SSSR count). The number of hydrogen-bond donors (Lipinski definition) is 0. The second-order valence-electron chi connectivity index (χ2n) is 5.47. The predicted octanol–water partition coefficient (Wildman–Crippen LogP) is 3.53. The van der Waals surface area contributed by atoms with Crippen molar-refractivity contribution in [2.45, 2.75) is 32.4 Å². The van der Waals surface area contributed by atoms with Gasteiger partial charge in [0.15, 0.2) is 0 Å². The first kappa shape index (κ1) is 10.9. The van der Waals surface area contributed by atoms with Gasteiger partial charge in [-0.15, -0.1) is 0 Å². The highest BCUT2D eigenvalue weighted by atomic mass is 15.1. The fraction of sp³-hybridized carbons (Fsp3) is 0.312. The van der Waals surface area contributed by atoms with Crippen molar-refractivity contribution < 1.29 is 0 Å². The summed E-state index contributed by atoms with van der Waals surface area (Å²) in [4.78, 5) is 4.31. The number of nitrogens with zero attached hydrogens (tertiary/aromatic N) is 3. The average molecular weight is 251 g/mol. The average Bonchev–Trinajstić information content (AvgIpc) is 3.01. The molecule has 0 amide bonds. The second-order valence-corrected chi connectivity index (χ2v) is 5.47.